The molecule has 0 spiro atoms. The number of hydrogen-bond donors (Lipinski definition) is 2. The van der Waals surface area contributed by atoms with Crippen LogP contribution in [0.2, 0.25) is 0 Å². The maximum absolute atomic E-state index is 9.79. The Bertz CT molecular complexity index is 880. The van der Waals surface area contributed by atoms with Gasteiger partial charge in [0, 0.05) is 5.41 Å². The Morgan fingerprint density at radius 1 is 0.704 bits per heavy atom. The number of phenols is 2. The molecule has 0 aliphatic heterocycles. The largest absolute Gasteiger partial charge is 0.508 e. The predicted octanol–water partition coefficient (Wildman–Crippen LogP) is 6.10. The number of benzene rings is 2. The quantitative estimate of drug-likeness (QED) is 0.679. The van der Waals surface area contributed by atoms with E-state index in [1.165, 1.54) is 11.1 Å². The lowest BCUT2D eigenvalue weighted by Crippen LogP contribution is -2.30. The van der Waals surface area contributed by atoms with E-state index in [4.69, 9.17) is 0 Å². The third kappa shape index (κ3) is 2.79. The molecule has 0 heterocycles. The third-order valence-corrected chi connectivity index (χ3v) is 6.51. The normalized spacial score (nSPS) is 21.9. The lowest BCUT2D eigenvalue weighted by Gasteiger charge is -2.39. The lowest BCUT2D eigenvalue weighted by molar-refractivity contribution is 0.313. The van der Waals surface area contributed by atoms with E-state index in [1.54, 1.807) is 24.3 Å². The van der Waals surface area contributed by atoms with E-state index >= 15 is 0 Å². The van der Waals surface area contributed by atoms with Crippen LogP contribution in [0.4, 0.5) is 0 Å². The highest BCUT2D eigenvalue weighted by molar-refractivity contribution is 5.55. The van der Waals surface area contributed by atoms with Crippen LogP contribution in [0.25, 0.3) is 0 Å². The topological polar surface area (TPSA) is 40.5 Å². The molecule has 0 unspecified atom stereocenters. The Hall–Kier alpha value is -2.48. The van der Waals surface area contributed by atoms with Gasteiger partial charge in [0.15, 0.2) is 0 Å². The monoisotopic (exact) mass is 360 g/mol. The van der Waals surface area contributed by atoms with Gasteiger partial charge in [-0.3, -0.25) is 0 Å². The van der Waals surface area contributed by atoms with Crippen LogP contribution >= 0.6 is 0 Å². The van der Waals surface area contributed by atoms with Gasteiger partial charge in [0.25, 0.3) is 0 Å². The van der Waals surface area contributed by atoms with Gasteiger partial charge in [-0.1, -0.05) is 69.7 Å². The predicted molar refractivity (Wildman–Crippen MR) is 110 cm³/mol. The first-order valence-corrected chi connectivity index (χ1v) is 9.66. The molecule has 4 rings (SSSR count). The van der Waals surface area contributed by atoms with Gasteiger partial charge in [-0.05, 0) is 64.6 Å². The Kier molecular flexibility index (Phi) is 3.82. The van der Waals surface area contributed by atoms with Crippen molar-refractivity contribution in [2.75, 3.05) is 0 Å². The van der Waals surface area contributed by atoms with E-state index in [0.29, 0.717) is 0 Å². The molecule has 0 fully saturated rings. The van der Waals surface area contributed by atoms with Gasteiger partial charge >= 0.3 is 0 Å². The SMILES string of the molecule is CC1(C)CC(C)(C)C2=C1C=CC(c1ccc(O)cc1)(c1ccc(O)cc1)C2. The van der Waals surface area contributed by atoms with E-state index in [-0.39, 0.29) is 27.7 Å². The first kappa shape index (κ1) is 17.9. The number of rotatable bonds is 2. The fourth-order valence-electron chi connectivity index (χ4n) is 5.38. The second-order valence-corrected chi connectivity index (χ2v) is 9.41. The summed E-state index contributed by atoms with van der Waals surface area (Å²) in [6.07, 6.45) is 6.72. The maximum atomic E-state index is 9.79. The molecule has 0 bridgehead atoms. The minimum atomic E-state index is -0.294. The third-order valence-electron chi connectivity index (χ3n) is 6.51. The van der Waals surface area contributed by atoms with E-state index in [2.05, 4.69) is 39.8 Å². The summed E-state index contributed by atoms with van der Waals surface area (Å²) in [5.74, 6) is 0.559. The van der Waals surface area contributed by atoms with Gasteiger partial charge in [-0.15, -0.1) is 0 Å². The summed E-state index contributed by atoms with van der Waals surface area (Å²) in [6.45, 7) is 9.40. The molecule has 2 aromatic rings. The van der Waals surface area contributed by atoms with Crippen LogP contribution in [0.1, 0.15) is 51.7 Å². The van der Waals surface area contributed by atoms with Crippen LogP contribution in [0.15, 0.2) is 71.8 Å². The average molecular weight is 360 g/mol. The Balaban J connectivity index is 1.91. The number of hydrogen-bond acceptors (Lipinski definition) is 2. The highest BCUT2D eigenvalue weighted by Crippen LogP contribution is 2.59. The van der Waals surface area contributed by atoms with Crippen molar-refractivity contribution in [3.05, 3.63) is 83.0 Å². The summed E-state index contributed by atoms with van der Waals surface area (Å²) in [4.78, 5) is 0. The number of phenolic OH excluding ortho intramolecular Hbond substituents is 2. The summed E-state index contributed by atoms with van der Waals surface area (Å²) in [5, 5.41) is 19.6. The van der Waals surface area contributed by atoms with E-state index < -0.39 is 0 Å². The molecule has 0 radical (unpaired) electrons. The van der Waals surface area contributed by atoms with Gasteiger partial charge in [0.1, 0.15) is 11.5 Å². The molecule has 2 N–H and O–H groups in total. The maximum Gasteiger partial charge on any atom is 0.115 e. The van der Waals surface area contributed by atoms with E-state index in [9.17, 15) is 10.2 Å². The van der Waals surface area contributed by atoms with Gasteiger partial charge in [-0.25, -0.2) is 0 Å². The molecular formula is C25H28O2. The van der Waals surface area contributed by atoms with Gasteiger partial charge in [-0.2, -0.15) is 0 Å². The summed E-state index contributed by atoms with van der Waals surface area (Å²) in [6, 6.07) is 15.1. The van der Waals surface area contributed by atoms with Crippen LogP contribution in [0, 0.1) is 10.8 Å². The van der Waals surface area contributed by atoms with Gasteiger partial charge < -0.3 is 10.2 Å². The standard InChI is InChI=1S/C25H28O2/c1-23(2)16-24(3,4)22-15-25(14-13-21(22)23,17-5-9-19(26)10-6-17)18-7-11-20(27)12-8-18/h5-14,26-27H,15-16H2,1-4H3. The fraction of sp³-hybridized carbons (Fsp3) is 0.360. The van der Waals surface area contributed by atoms with Crippen LogP contribution in [-0.4, -0.2) is 10.2 Å². The zero-order chi connectivity index (χ0) is 19.4. The molecule has 2 aromatic carbocycles. The van der Waals surface area contributed by atoms with Crippen LogP contribution in [0.5, 0.6) is 11.5 Å². The van der Waals surface area contributed by atoms with Crippen molar-refractivity contribution in [3.8, 4) is 11.5 Å². The molecule has 0 aromatic heterocycles. The average Bonchev–Trinajstić information content (AvgIpc) is 2.80. The lowest BCUT2D eigenvalue weighted by atomic mass is 9.64. The summed E-state index contributed by atoms with van der Waals surface area (Å²) in [7, 11) is 0. The highest BCUT2D eigenvalue weighted by Gasteiger charge is 2.48. The van der Waals surface area contributed by atoms with Gasteiger partial charge in [0.2, 0.25) is 0 Å². The molecular weight excluding hydrogens is 332 g/mol. The minimum Gasteiger partial charge on any atom is -0.508 e. The summed E-state index contributed by atoms with van der Waals surface area (Å²) >= 11 is 0. The minimum absolute atomic E-state index is 0.155. The molecule has 27 heavy (non-hydrogen) atoms. The molecule has 2 nitrogen and oxygen atoms in total. The Morgan fingerprint density at radius 2 is 1.19 bits per heavy atom. The number of allylic oxidation sites excluding steroid dienone is 4. The molecule has 2 heteroatoms. The molecule has 0 atom stereocenters. The van der Waals surface area contributed by atoms with Crippen molar-refractivity contribution in [2.45, 2.75) is 46.0 Å². The number of aromatic hydroxyl groups is 2. The zero-order valence-electron chi connectivity index (χ0n) is 16.6. The summed E-state index contributed by atoms with van der Waals surface area (Å²) < 4.78 is 0. The van der Waals surface area contributed by atoms with Crippen molar-refractivity contribution in [2.24, 2.45) is 10.8 Å². The molecule has 0 amide bonds. The molecule has 0 saturated heterocycles. The van der Waals surface area contributed by atoms with Crippen molar-refractivity contribution >= 4 is 0 Å². The zero-order valence-corrected chi connectivity index (χ0v) is 16.6. The fourth-order valence-corrected chi connectivity index (χ4v) is 5.38. The summed E-state index contributed by atoms with van der Waals surface area (Å²) in [5.41, 5.74) is 5.37. The highest BCUT2D eigenvalue weighted by atomic mass is 16.3. The van der Waals surface area contributed by atoms with Crippen molar-refractivity contribution in [3.63, 3.8) is 0 Å². The molecule has 0 saturated carbocycles. The molecule has 2 aliphatic rings. The molecule has 140 valence electrons. The van der Waals surface area contributed by atoms with Crippen LogP contribution < -0.4 is 0 Å². The van der Waals surface area contributed by atoms with E-state index in [1.807, 2.05) is 24.3 Å². The second-order valence-electron chi connectivity index (χ2n) is 9.41. The van der Waals surface area contributed by atoms with Crippen molar-refractivity contribution in [1.29, 1.82) is 0 Å². The smallest absolute Gasteiger partial charge is 0.115 e. The van der Waals surface area contributed by atoms with Crippen molar-refractivity contribution < 1.29 is 10.2 Å². The van der Waals surface area contributed by atoms with E-state index in [0.717, 1.165) is 24.0 Å². The van der Waals surface area contributed by atoms with Crippen LogP contribution in [0.3, 0.4) is 0 Å². The van der Waals surface area contributed by atoms with Gasteiger partial charge in [0.05, 0.1) is 0 Å². The second kappa shape index (κ2) is 5.76. The molecule has 2 aliphatic carbocycles. The first-order chi connectivity index (χ1) is 12.6. The Morgan fingerprint density at radius 3 is 1.67 bits per heavy atom. The van der Waals surface area contributed by atoms with Crippen molar-refractivity contribution in [1.82, 2.24) is 0 Å². The Labute approximate surface area is 161 Å². The first-order valence-electron chi connectivity index (χ1n) is 9.66. The van der Waals surface area contributed by atoms with Crippen LogP contribution in [-0.2, 0) is 5.41 Å².